The van der Waals surface area contributed by atoms with Crippen molar-refractivity contribution in [1.29, 1.82) is 0 Å². The molecule has 12 heteroatoms. The summed E-state index contributed by atoms with van der Waals surface area (Å²) in [7, 11) is 0. The lowest BCUT2D eigenvalue weighted by Gasteiger charge is -2.35. The number of carbonyl (C=O) groups is 2. The Bertz CT molecular complexity index is 430. The van der Waals surface area contributed by atoms with Gasteiger partial charge < -0.3 is 21.1 Å². The van der Waals surface area contributed by atoms with E-state index in [9.17, 15) is 9.59 Å². The maximum Gasteiger partial charge on any atom is 0.304 e. The molecular formula is C12H20N4O4S4. The summed E-state index contributed by atoms with van der Waals surface area (Å²) >= 11 is 13.0. The van der Waals surface area contributed by atoms with Crippen molar-refractivity contribution in [2.24, 2.45) is 0 Å². The van der Waals surface area contributed by atoms with Gasteiger partial charge in [0.25, 0.3) is 0 Å². The van der Waals surface area contributed by atoms with Crippen LogP contribution < -0.4 is 10.9 Å². The highest BCUT2D eigenvalue weighted by molar-refractivity contribution is 8.23. The SMILES string of the molecule is O=C(O)CCSC(=S)NN1CCN(NC(=S)SCCC(=O)O)CC1. The molecule has 8 nitrogen and oxygen atoms in total. The molecule has 0 aromatic rings. The van der Waals surface area contributed by atoms with Gasteiger partial charge in [-0.3, -0.25) is 9.59 Å². The Labute approximate surface area is 159 Å². The first kappa shape index (κ1) is 21.4. The average Bonchev–Trinajstić information content (AvgIpc) is 2.48. The molecule has 0 aliphatic carbocycles. The van der Waals surface area contributed by atoms with Gasteiger partial charge in [-0.25, -0.2) is 10.0 Å². The number of piperazine rings is 1. The molecule has 4 N–H and O–H groups in total. The molecule has 0 aromatic heterocycles. The second kappa shape index (κ2) is 11.8. The number of aliphatic carboxylic acids is 2. The van der Waals surface area contributed by atoms with Gasteiger partial charge in [-0.1, -0.05) is 48.0 Å². The lowest BCUT2D eigenvalue weighted by atomic mass is 10.4. The van der Waals surface area contributed by atoms with Gasteiger partial charge in [-0.15, -0.1) is 0 Å². The lowest BCUT2D eigenvalue weighted by Crippen LogP contribution is -2.56. The number of thiocarbonyl (C=S) groups is 2. The first-order valence-electron chi connectivity index (χ1n) is 7.17. The van der Waals surface area contributed by atoms with Crippen molar-refractivity contribution in [2.45, 2.75) is 12.8 Å². The summed E-state index contributed by atoms with van der Waals surface area (Å²) in [5.74, 6) is -0.765. The quantitative estimate of drug-likeness (QED) is 0.420. The molecule has 0 saturated carbocycles. The van der Waals surface area contributed by atoms with Crippen molar-refractivity contribution in [3.8, 4) is 0 Å². The third-order valence-electron chi connectivity index (χ3n) is 2.88. The summed E-state index contributed by atoms with van der Waals surface area (Å²) in [5, 5.41) is 21.1. The maximum atomic E-state index is 10.5. The number of hydrazine groups is 2. The zero-order valence-corrected chi connectivity index (χ0v) is 16.2. The minimum Gasteiger partial charge on any atom is -0.481 e. The van der Waals surface area contributed by atoms with E-state index < -0.39 is 11.9 Å². The summed E-state index contributed by atoms with van der Waals surface area (Å²) in [6.45, 7) is 2.92. The fourth-order valence-corrected chi connectivity index (χ4v) is 3.78. The minimum atomic E-state index is -0.831. The predicted octanol–water partition coefficient (Wildman–Crippen LogP) is 0.599. The third kappa shape index (κ3) is 10.3. The largest absolute Gasteiger partial charge is 0.481 e. The van der Waals surface area contributed by atoms with E-state index >= 15 is 0 Å². The molecule has 1 saturated heterocycles. The van der Waals surface area contributed by atoms with E-state index in [0.29, 0.717) is 20.1 Å². The Balaban J connectivity index is 2.14. The van der Waals surface area contributed by atoms with E-state index in [2.05, 4.69) is 10.9 Å². The van der Waals surface area contributed by atoms with Crippen molar-refractivity contribution in [1.82, 2.24) is 20.9 Å². The number of nitrogens with one attached hydrogen (secondary N) is 2. The Morgan fingerprint density at radius 2 is 1.17 bits per heavy atom. The summed E-state index contributed by atoms with van der Waals surface area (Å²) in [6, 6.07) is 0. The van der Waals surface area contributed by atoms with Crippen molar-refractivity contribution in [3.05, 3.63) is 0 Å². The van der Waals surface area contributed by atoms with E-state index in [0.717, 1.165) is 26.2 Å². The minimum absolute atomic E-state index is 0.0845. The lowest BCUT2D eigenvalue weighted by molar-refractivity contribution is -0.137. The highest BCUT2D eigenvalue weighted by Crippen LogP contribution is 2.08. The molecule has 0 unspecified atom stereocenters. The first-order valence-corrected chi connectivity index (χ1v) is 9.96. The number of nitrogens with zero attached hydrogens (tertiary/aromatic N) is 2. The second-order valence-corrected chi connectivity index (χ2v) is 8.30. The topological polar surface area (TPSA) is 105 Å². The van der Waals surface area contributed by atoms with Gasteiger partial charge in [-0.05, 0) is 0 Å². The molecule has 0 aromatic carbocycles. The zero-order chi connectivity index (χ0) is 17.9. The molecule has 1 aliphatic rings. The highest BCUT2D eigenvalue weighted by atomic mass is 32.2. The molecule has 24 heavy (non-hydrogen) atoms. The van der Waals surface area contributed by atoms with Crippen LogP contribution in [-0.4, -0.2) is 78.5 Å². The molecule has 1 rings (SSSR count). The van der Waals surface area contributed by atoms with Crippen LogP contribution in [0, 0.1) is 0 Å². The van der Waals surface area contributed by atoms with Crippen LogP contribution in [0.3, 0.4) is 0 Å². The van der Waals surface area contributed by atoms with Crippen LogP contribution in [0.25, 0.3) is 0 Å². The fraction of sp³-hybridized carbons (Fsp3) is 0.667. The number of carboxylic acids is 2. The van der Waals surface area contributed by atoms with Gasteiger partial charge in [0, 0.05) is 37.7 Å². The van der Waals surface area contributed by atoms with Crippen LogP contribution in [0.1, 0.15) is 12.8 Å². The fourth-order valence-electron chi connectivity index (χ4n) is 1.71. The molecule has 1 aliphatic heterocycles. The van der Waals surface area contributed by atoms with E-state index in [1.807, 2.05) is 10.0 Å². The Morgan fingerprint density at radius 1 is 0.833 bits per heavy atom. The van der Waals surface area contributed by atoms with Crippen molar-refractivity contribution < 1.29 is 19.8 Å². The summed E-state index contributed by atoms with van der Waals surface area (Å²) in [6.07, 6.45) is 0.169. The first-order chi connectivity index (χ1) is 11.4. The van der Waals surface area contributed by atoms with E-state index in [-0.39, 0.29) is 12.8 Å². The Morgan fingerprint density at radius 3 is 1.46 bits per heavy atom. The van der Waals surface area contributed by atoms with Crippen LogP contribution in [0.2, 0.25) is 0 Å². The molecule has 0 bridgehead atoms. The van der Waals surface area contributed by atoms with Gasteiger partial charge in [0.1, 0.15) is 8.64 Å². The summed E-state index contributed by atoms with van der Waals surface area (Å²) in [5.41, 5.74) is 6.18. The predicted molar refractivity (Wildman–Crippen MR) is 104 cm³/mol. The molecule has 136 valence electrons. The van der Waals surface area contributed by atoms with Gasteiger partial charge >= 0.3 is 11.9 Å². The van der Waals surface area contributed by atoms with Crippen LogP contribution in [-0.2, 0) is 9.59 Å². The van der Waals surface area contributed by atoms with Crippen molar-refractivity contribution in [3.63, 3.8) is 0 Å². The Hall–Kier alpha value is -0.660. The Kier molecular flexibility index (Phi) is 10.5. The van der Waals surface area contributed by atoms with Crippen LogP contribution in [0.5, 0.6) is 0 Å². The second-order valence-electron chi connectivity index (χ2n) is 4.76. The summed E-state index contributed by atoms with van der Waals surface area (Å²) < 4.78 is 1.13. The van der Waals surface area contributed by atoms with Crippen LogP contribution >= 0.6 is 48.0 Å². The van der Waals surface area contributed by atoms with E-state index in [4.69, 9.17) is 34.6 Å². The maximum absolute atomic E-state index is 10.5. The monoisotopic (exact) mass is 412 g/mol. The molecule has 0 radical (unpaired) electrons. The van der Waals surface area contributed by atoms with Crippen LogP contribution in [0.15, 0.2) is 0 Å². The number of thioether (sulfide) groups is 2. The van der Waals surface area contributed by atoms with Gasteiger partial charge in [0.2, 0.25) is 0 Å². The smallest absolute Gasteiger partial charge is 0.304 e. The third-order valence-corrected chi connectivity index (χ3v) is 5.29. The van der Waals surface area contributed by atoms with Crippen molar-refractivity contribution in [2.75, 3.05) is 37.7 Å². The van der Waals surface area contributed by atoms with Gasteiger partial charge in [0.15, 0.2) is 0 Å². The molecule has 1 heterocycles. The number of hydrogen-bond acceptors (Lipinski definition) is 8. The average molecular weight is 413 g/mol. The molecule has 0 spiro atoms. The van der Waals surface area contributed by atoms with Crippen LogP contribution in [0.4, 0.5) is 0 Å². The number of rotatable bonds is 8. The molecule has 0 amide bonds. The van der Waals surface area contributed by atoms with Gasteiger partial charge in [-0.2, -0.15) is 0 Å². The molecule has 1 fully saturated rings. The van der Waals surface area contributed by atoms with Gasteiger partial charge in [0.05, 0.1) is 12.8 Å². The number of carboxylic acid groups (broad SMARTS) is 2. The normalized spacial score (nSPS) is 15.7. The van der Waals surface area contributed by atoms with E-state index in [1.165, 1.54) is 23.5 Å². The zero-order valence-electron chi connectivity index (χ0n) is 12.9. The molecular weight excluding hydrogens is 392 g/mol. The summed E-state index contributed by atoms with van der Waals surface area (Å²) in [4.78, 5) is 20.9. The molecule has 0 atom stereocenters. The standard InChI is InChI=1S/C12H20N4O4S4/c17-9(18)1-7-23-11(21)13-15-3-5-16(6-4-15)14-12(22)24-8-2-10(19)20/h1-8H2,(H,13,21)(H,14,22)(H,17,18)(H,19,20). The number of hydrogen-bond donors (Lipinski definition) is 4. The highest BCUT2D eigenvalue weighted by Gasteiger charge is 2.18. The van der Waals surface area contributed by atoms with Crippen molar-refractivity contribution >= 4 is 68.5 Å². The van der Waals surface area contributed by atoms with E-state index in [1.54, 1.807) is 0 Å².